The summed E-state index contributed by atoms with van der Waals surface area (Å²) < 4.78 is 29.3. The fourth-order valence-electron chi connectivity index (χ4n) is 4.22. The SMILES string of the molecule is N#Cc1c(CCCNC(=O)c2ccccc2S(=O)(=O)N2CCCCC2)nn(-c2ccccc2)c1N. The molecule has 0 saturated carbocycles. The molecule has 0 atom stereocenters. The van der Waals surface area contributed by atoms with Crippen molar-refractivity contribution < 1.29 is 13.2 Å². The van der Waals surface area contributed by atoms with Crippen LogP contribution in [0.25, 0.3) is 5.69 Å². The predicted molar refractivity (Wildman–Crippen MR) is 132 cm³/mol. The Balaban J connectivity index is 1.42. The molecule has 0 unspecified atom stereocenters. The van der Waals surface area contributed by atoms with E-state index in [1.54, 1.807) is 12.1 Å². The molecule has 3 aromatic rings. The molecule has 1 saturated heterocycles. The molecule has 0 aliphatic carbocycles. The van der Waals surface area contributed by atoms with Crippen LogP contribution < -0.4 is 11.1 Å². The summed E-state index contributed by atoms with van der Waals surface area (Å²) in [5.41, 5.74) is 7.90. The lowest BCUT2D eigenvalue weighted by Gasteiger charge is -2.26. The summed E-state index contributed by atoms with van der Waals surface area (Å²) in [4.78, 5) is 12.9. The number of amides is 1. The van der Waals surface area contributed by atoms with Gasteiger partial charge in [0.1, 0.15) is 17.5 Å². The van der Waals surface area contributed by atoms with Gasteiger partial charge in [-0.05, 0) is 49.9 Å². The molecule has 0 radical (unpaired) electrons. The normalized spacial score (nSPS) is 14.4. The number of piperidine rings is 1. The molecule has 4 rings (SSSR count). The Hall–Kier alpha value is -3.68. The second-order valence-corrected chi connectivity index (χ2v) is 10.3. The van der Waals surface area contributed by atoms with E-state index in [1.165, 1.54) is 21.1 Å². The molecular weight excluding hydrogens is 464 g/mol. The molecule has 3 N–H and O–H groups in total. The molecule has 2 aromatic carbocycles. The number of nitrogens with zero attached hydrogens (tertiary/aromatic N) is 4. The second kappa shape index (κ2) is 10.7. The van der Waals surface area contributed by atoms with E-state index in [1.807, 2.05) is 30.3 Å². The quantitative estimate of drug-likeness (QED) is 0.465. The van der Waals surface area contributed by atoms with Gasteiger partial charge in [0.25, 0.3) is 5.91 Å². The first kappa shape index (κ1) is 24.4. The van der Waals surface area contributed by atoms with Gasteiger partial charge in [0.05, 0.1) is 21.8 Å². The lowest BCUT2D eigenvalue weighted by Crippen LogP contribution is -2.37. The molecule has 0 spiro atoms. The minimum atomic E-state index is -3.74. The highest BCUT2D eigenvalue weighted by molar-refractivity contribution is 7.89. The van der Waals surface area contributed by atoms with Crippen molar-refractivity contribution in [3.8, 4) is 11.8 Å². The van der Waals surface area contributed by atoms with Crippen LogP contribution in [0, 0.1) is 11.3 Å². The number of nitrogen functional groups attached to an aromatic ring is 1. The molecule has 35 heavy (non-hydrogen) atoms. The molecule has 1 aliphatic heterocycles. The zero-order chi connectivity index (χ0) is 24.8. The van der Waals surface area contributed by atoms with Crippen LogP contribution in [0.5, 0.6) is 0 Å². The van der Waals surface area contributed by atoms with E-state index in [9.17, 15) is 18.5 Å². The number of benzene rings is 2. The summed E-state index contributed by atoms with van der Waals surface area (Å²) in [6.07, 6.45) is 3.59. The third kappa shape index (κ3) is 5.21. The lowest BCUT2D eigenvalue weighted by atomic mass is 10.1. The fourth-order valence-corrected chi connectivity index (χ4v) is 5.92. The maximum Gasteiger partial charge on any atom is 0.252 e. The predicted octanol–water partition coefficient (Wildman–Crippen LogP) is 2.86. The largest absolute Gasteiger partial charge is 0.382 e. The molecule has 1 fully saturated rings. The van der Waals surface area contributed by atoms with E-state index in [2.05, 4.69) is 16.5 Å². The molecule has 182 valence electrons. The number of carbonyl (C=O) groups excluding carboxylic acids is 1. The van der Waals surface area contributed by atoms with Gasteiger partial charge in [0.15, 0.2) is 0 Å². The number of nitriles is 1. The number of hydrogen-bond acceptors (Lipinski definition) is 6. The lowest BCUT2D eigenvalue weighted by molar-refractivity contribution is 0.0949. The van der Waals surface area contributed by atoms with Gasteiger partial charge in [-0.2, -0.15) is 14.7 Å². The van der Waals surface area contributed by atoms with E-state index in [0.29, 0.717) is 43.7 Å². The van der Waals surface area contributed by atoms with Gasteiger partial charge in [-0.3, -0.25) is 4.79 Å². The van der Waals surface area contributed by atoms with Crippen molar-refractivity contribution in [3.05, 3.63) is 71.4 Å². The molecule has 9 nitrogen and oxygen atoms in total. The average Bonchev–Trinajstić information content (AvgIpc) is 3.22. The van der Waals surface area contributed by atoms with Gasteiger partial charge >= 0.3 is 0 Å². The summed E-state index contributed by atoms with van der Waals surface area (Å²) in [6.45, 7) is 1.23. The summed E-state index contributed by atoms with van der Waals surface area (Å²) >= 11 is 0. The minimum absolute atomic E-state index is 0.0283. The van der Waals surface area contributed by atoms with E-state index < -0.39 is 15.9 Å². The number of para-hydroxylation sites is 1. The second-order valence-electron chi connectivity index (χ2n) is 8.39. The number of aryl methyl sites for hydroxylation is 1. The highest BCUT2D eigenvalue weighted by atomic mass is 32.2. The summed E-state index contributed by atoms with van der Waals surface area (Å²) in [7, 11) is -3.74. The first-order valence-corrected chi connectivity index (χ1v) is 13.1. The molecule has 10 heteroatoms. The summed E-state index contributed by atoms with van der Waals surface area (Å²) in [5.74, 6) is -0.175. The van der Waals surface area contributed by atoms with Crippen LogP contribution >= 0.6 is 0 Å². The molecule has 1 aromatic heterocycles. The topological polar surface area (TPSA) is 134 Å². The smallest absolute Gasteiger partial charge is 0.252 e. The van der Waals surface area contributed by atoms with Crippen LogP contribution in [0.2, 0.25) is 0 Å². The van der Waals surface area contributed by atoms with Crippen LogP contribution in [-0.2, 0) is 16.4 Å². The first-order valence-electron chi connectivity index (χ1n) is 11.6. The standard InChI is InChI=1S/C25H28N6O3S/c26-18-21-22(29-31(24(21)27)19-10-3-1-4-11-19)13-9-15-28-25(32)20-12-5-6-14-23(20)35(33,34)30-16-7-2-8-17-30/h1,3-6,10-12,14H,2,7-9,13,15-17,27H2,(H,28,32). The Morgan fingerprint density at radius 2 is 1.74 bits per heavy atom. The average molecular weight is 493 g/mol. The monoisotopic (exact) mass is 492 g/mol. The first-order chi connectivity index (χ1) is 16.9. The third-order valence-corrected chi connectivity index (χ3v) is 8.00. The highest BCUT2D eigenvalue weighted by Crippen LogP contribution is 2.24. The van der Waals surface area contributed by atoms with E-state index in [0.717, 1.165) is 24.9 Å². The van der Waals surface area contributed by atoms with Gasteiger partial charge in [-0.1, -0.05) is 36.8 Å². The van der Waals surface area contributed by atoms with Crippen molar-refractivity contribution in [1.82, 2.24) is 19.4 Å². The van der Waals surface area contributed by atoms with Crippen LogP contribution in [0.15, 0.2) is 59.5 Å². The number of hydrogen-bond donors (Lipinski definition) is 2. The number of anilines is 1. The van der Waals surface area contributed by atoms with Gasteiger partial charge in [-0.25, -0.2) is 13.1 Å². The van der Waals surface area contributed by atoms with Crippen molar-refractivity contribution in [3.63, 3.8) is 0 Å². The molecule has 2 heterocycles. The van der Waals surface area contributed by atoms with Crippen LogP contribution in [0.4, 0.5) is 5.82 Å². The number of nitrogens with one attached hydrogen (secondary N) is 1. The number of sulfonamides is 1. The number of carbonyl (C=O) groups is 1. The molecule has 1 amide bonds. The van der Waals surface area contributed by atoms with Gasteiger partial charge in [0.2, 0.25) is 10.0 Å². The van der Waals surface area contributed by atoms with Crippen molar-refractivity contribution in [2.24, 2.45) is 0 Å². The van der Waals surface area contributed by atoms with E-state index in [4.69, 9.17) is 5.73 Å². The van der Waals surface area contributed by atoms with Crippen LogP contribution in [0.3, 0.4) is 0 Å². The van der Waals surface area contributed by atoms with Crippen molar-refractivity contribution in [2.75, 3.05) is 25.4 Å². The Bertz CT molecular complexity index is 1340. The number of aromatic nitrogens is 2. The van der Waals surface area contributed by atoms with Crippen molar-refractivity contribution in [2.45, 2.75) is 37.0 Å². The number of rotatable bonds is 8. The highest BCUT2D eigenvalue weighted by Gasteiger charge is 2.29. The Kier molecular flexibility index (Phi) is 7.48. The number of nitrogens with two attached hydrogens (primary N) is 1. The van der Waals surface area contributed by atoms with E-state index in [-0.39, 0.29) is 16.3 Å². The third-order valence-electron chi connectivity index (χ3n) is 6.05. The van der Waals surface area contributed by atoms with Gasteiger partial charge in [0, 0.05) is 19.6 Å². The minimum Gasteiger partial charge on any atom is -0.382 e. The van der Waals surface area contributed by atoms with Gasteiger partial charge < -0.3 is 11.1 Å². The van der Waals surface area contributed by atoms with Crippen molar-refractivity contribution in [1.29, 1.82) is 5.26 Å². The van der Waals surface area contributed by atoms with Crippen LogP contribution in [-0.4, -0.2) is 48.0 Å². The molecular formula is C25H28N6O3S. The maximum absolute atomic E-state index is 13.1. The molecule has 0 bridgehead atoms. The summed E-state index contributed by atoms with van der Waals surface area (Å²) in [6, 6.07) is 17.7. The Labute approximate surface area is 205 Å². The van der Waals surface area contributed by atoms with Gasteiger partial charge in [-0.15, -0.1) is 0 Å². The van der Waals surface area contributed by atoms with E-state index >= 15 is 0 Å². The Morgan fingerprint density at radius 1 is 1.06 bits per heavy atom. The van der Waals surface area contributed by atoms with Crippen LogP contribution in [0.1, 0.15) is 47.3 Å². The zero-order valence-electron chi connectivity index (χ0n) is 19.4. The Morgan fingerprint density at radius 3 is 2.46 bits per heavy atom. The molecule has 1 aliphatic rings. The van der Waals surface area contributed by atoms with Crippen molar-refractivity contribution >= 4 is 21.7 Å². The summed E-state index contributed by atoms with van der Waals surface area (Å²) in [5, 5.41) is 16.9. The zero-order valence-corrected chi connectivity index (χ0v) is 20.2. The maximum atomic E-state index is 13.1. The fraction of sp³-hybridized carbons (Fsp3) is 0.320.